The second kappa shape index (κ2) is 4.78. The number of carbonyl (C=O) groups excluding carboxylic acids is 1. The second-order valence-corrected chi connectivity index (χ2v) is 4.31. The van der Waals surface area contributed by atoms with Crippen LogP contribution in [0.5, 0.6) is 0 Å². The van der Waals surface area contributed by atoms with E-state index in [9.17, 15) is 4.79 Å². The average Bonchev–Trinajstić information content (AvgIpc) is 2.87. The van der Waals surface area contributed by atoms with E-state index in [1.165, 1.54) is 32.6 Å². The lowest BCUT2D eigenvalue weighted by Gasteiger charge is -2.20. The zero-order chi connectivity index (χ0) is 11.5. The molecule has 1 unspecified atom stereocenters. The van der Waals surface area contributed by atoms with Crippen molar-refractivity contribution in [2.24, 2.45) is 0 Å². The Labute approximate surface area is 95.6 Å². The lowest BCUT2D eigenvalue weighted by Crippen LogP contribution is -2.30. The summed E-state index contributed by atoms with van der Waals surface area (Å²) < 4.78 is 5.32. The summed E-state index contributed by atoms with van der Waals surface area (Å²) in [6.45, 7) is 5.93. The molecular weight excluding hydrogens is 204 g/mol. The zero-order valence-corrected chi connectivity index (χ0v) is 9.90. The van der Waals surface area contributed by atoms with Gasteiger partial charge in [-0.2, -0.15) is 0 Å². The van der Waals surface area contributed by atoms with Gasteiger partial charge in [0.05, 0.1) is 0 Å². The third-order valence-electron chi connectivity index (χ3n) is 3.23. The van der Waals surface area contributed by atoms with Gasteiger partial charge >= 0.3 is 0 Å². The minimum atomic E-state index is -0.0335. The highest BCUT2D eigenvalue weighted by molar-refractivity contribution is 5.91. The smallest absolute Gasteiger partial charge is 0.196 e. The summed E-state index contributed by atoms with van der Waals surface area (Å²) in [4.78, 5) is 17.7. The molecule has 0 radical (unpaired) electrons. The molecule has 88 valence electrons. The van der Waals surface area contributed by atoms with E-state index in [0.717, 1.165) is 13.0 Å². The van der Waals surface area contributed by atoms with Crippen LogP contribution in [0.3, 0.4) is 0 Å². The number of rotatable bonds is 4. The number of carbonyl (C=O) groups is 1. The van der Waals surface area contributed by atoms with Gasteiger partial charge in [0.25, 0.3) is 0 Å². The highest BCUT2D eigenvalue weighted by atomic mass is 16.3. The largest absolute Gasteiger partial charge is 0.448 e. The fraction of sp³-hybridized carbons (Fsp3) is 0.667. The van der Waals surface area contributed by atoms with Gasteiger partial charge in [-0.15, -0.1) is 0 Å². The van der Waals surface area contributed by atoms with Crippen LogP contribution in [0.4, 0.5) is 0 Å². The van der Waals surface area contributed by atoms with Crippen LogP contribution in [0.15, 0.2) is 10.7 Å². The quantitative estimate of drug-likeness (QED) is 0.730. The van der Waals surface area contributed by atoms with Gasteiger partial charge in [-0.05, 0) is 25.9 Å². The van der Waals surface area contributed by atoms with E-state index in [0.29, 0.717) is 17.6 Å². The number of likely N-dealkylation sites (tertiary alicyclic amines) is 1. The Bertz CT molecular complexity index is 373. The third kappa shape index (κ3) is 2.32. The molecule has 1 fully saturated rings. The van der Waals surface area contributed by atoms with Gasteiger partial charge in [0.2, 0.25) is 0 Å². The zero-order valence-electron chi connectivity index (χ0n) is 9.90. The van der Waals surface area contributed by atoms with Crippen LogP contribution in [0.1, 0.15) is 43.1 Å². The maximum absolute atomic E-state index is 11.1. The number of nitrogens with zero attached hydrogens (tertiary/aromatic N) is 2. The first-order valence-electron chi connectivity index (χ1n) is 5.90. The molecule has 2 heterocycles. The van der Waals surface area contributed by atoms with Crippen molar-refractivity contribution in [3.05, 3.63) is 17.8 Å². The lowest BCUT2D eigenvalue weighted by molar-refractivity contribution is 0.101. The molecule has 0 N–H and O–H groups in total. The Hall–Kier alpha value is -1.16. The molecule has 1 saturated heterocycles. The van der Waals surface area contributed by atoms with E-state index in [-0.39, 0.29) is 5.78 Å². The highest BCUT2D eigenvalue weighted by Crippen LogP contribution is 2.20. The van der Waals surface area contributed by atoms with Gasteiger partial charge in [-0.25, -0.2) is 4.98 Å². The van der Waals surface area contributed by atoms with Crippen LogP contribution in [0.25, 0.3) is 0 Å². The summed E-state index contributed by atoms with van der Waals surface area (Å²) in [7, 11) is 0. The number of likely N-dealkylation sites (N-methyl/N-ethyl adjacent to an activating group) is 1. The average molecular weight is 222 g/mol. The van der Waals surface area contributed by atoms with Crippen LogP contribution >= 0.6 is 0 Å². The maximum Gasteiger partial charge on any atom is 0.196 e. The van der Waals surface area contributed by atoms with Gasteiger partial charge in [-0.3, -0.25) is 4.79 Å². The summed E-state index contributed by atoms with van der Waals surface area (Å²) in [5.74, 6) is 0.657. The fourth-order valence-corrected chi connectivity index (χ4v) is 2.31. The normalized spacial score (nSPS) is 21.5. The molecule has 2 rings (SSSR count). The molecule has 1 aliphatic rings. The van der Waals surface area contributed by atoms with Crippen LogP contribution < -0.4 is 0 Å². The van der Waals surface area contributed by atoms with Gasteiger partial charge in [0.15, 0.2) is 11.7 Å². The summed E-state index contributed by atoms with van der Waals surface area (Å²) in [5.41, 5.74) is 0.441. The van der Waals surface area contributed by atoms with Crippen LogP contribution in [-0.4, -0.2) is 34.8 Å². The molecule has 0 spiro atoms. The molecule has 0 aromatic carbocycles. The lowest BCUT2D eigenvalue weighted by atomic mass is 10.1. The predicted molar refractivity (Wildman–Crippen MR) is 60.5 cm³/mol. The molecule has 4 nitrogen and oxygen atoms in total. The standard InChI is InChI=1S/C12H18N2O2/c1-3-14-6-4-5-10(14)7-12-13-11(8-16-12)9(2)15/h8,10H,3-7H2,1-2H3. The molecule has 0 saturated carbocycles. The first kappa shape index (κ1) is 11.3. The van der Waals surface area contributed by atoms with Crippen molar-refractivity contribution in [3.63, 3.8) is 0 Å². The molecule has 1 atom stereocenters. The van der Waals surface area contributed by atoms with Crippen molar-refractivity contribution >= 4 is 5.78 Å². The summed E-state index contributed by atoms with van der Waals surface area (Å²) in [5, 5.41) is 0. The number of Topliss-reactive ketones (excluding diaryl/α,β-unsaturated/α-hetero) is 1. The van der Waals surface area contributed by atoms with E-state index in [2.05, 4.69) is 16.8 Å². The Balaban J connectivity index is 2.00. The Kier molecular flexibility index (Phi) is 3.39. The SMILES string of the molecule is CCN1CCCC1Cc1nc(C(C)=O)co1. The van der Waals surface area contributed by atoms with E-state index in [1.54, 1.807) is 0 Å². The van der Waals surface area contributed by atoms with Crippen molar-refractivity contribution in [1.29, 1.82) is 0 Å². The first-order valence-corrected chi connectivity index (χ1v) is 5.90. The molecular formula is C12H18N2O2. The molecule has 0 aliphatic carbocycles. The van der Waals surface area contributed by atoms with E-state index in [4.69, 9.17) is 4.42 Å². The monoisotopic (exact) mass is 222 g/mol. The minimum Gasteiger partial charge on any atom is -0.448 e. The summed E-state index contributed by atoms with van der Waals surface area (Å²) in [6, 6.07) is 0.531. The van der Waals surface area contributed by atoms with Crippen molar-refractivity contribution in [3.8, 4) is 0 Å². The Morgan fingerprint density at radius 2 is 2.50 bits per heavy atom. The molecule has 16 heavy (non-hydrogen) atoms. The molecule has 1 aliphatic heterocycles. The number of hydrogen-bond acceptors (Lipinski definition) is 4. The van der Waals surface area contributed by atoms with Gasteiger partial charge < -0.3 is 9.32 Å². The summed E-state index contributed by atoms with van der Waals surface area (Å²) >= 11 is 0. The maximum atomic E-state index is 11.1. The van der Waals surface area contributed by atoms with Crippen molar-refractivity contribution in [1.82, 2.24) is 9.88 Å². The van der Waals surface area contributed by atoms with Crippen LogP contribution in [0.2, 0.25) is 0 Å². The van der Waals surface area contributed by atoms with Gasteiger partial charge in [0, 0.05) is 19.4 Å². The van der Waals surface area contributed by atoms with Gasteiger partial charge in [-0.1, -0.05) is 6.92 Å². The second-order valence-electron chi connectivity index (χ2n) is 4.31. The van der Waals surface area contributed by atoms with E-state index < -0.39 is 0 Å². The Morgan fingerprint density at radius 1 is 1.69 bits per heavy atom. The Morgan fingerprint density at radius 3 is 3.12 bits per heavy atom. The van der Waals surface area contributed by atoms with Crippen molar-refractivity contribution in [2.45, 2.75) is 39.2 Å². The highest BCUT2D eigenvalue weighted by Gasteiger charge is 2.24. The molecule has 1 aromatic rings. The van der Waals surface area contributed by atoms with Crippen molar-refractivity contribution in [2.75, 3.05) is 13.1 Å². The minimum absolute atomic E-state index is 0.0335. The molecule has 1 aromatic heterocycles. The number of oxazole rings is 1. The topological polar surface area (TPSA) is 46.3 Å². The number of ketones is 1. The molecule has 4 heteroatoms. The van der Waals surface area contributed by atoms with Crippen LogP contribution in [-0.2, 0) is 6.42 Å². The van der Waals surface area contributed by atoms with E-state index >= 15 is 0 Å². The van der Waals surface area contributed by atoms with Crippen LogP contribution in [0, 0.1) is 0 Å². The molecule has 0 amide bonds. The predicted octanol–water partition coefficient (Wildman–Crippen LogP) is 1.90. The third-order valence-corrected chi connectivity index (χ3v) is 3.23. The summed E-state index contributed by atoms with van der Waals surface area (Å²) in [6.07, 6.45) is 4.73. The van der Waals surface area contributed by atoms with E-state index in [1.807, 2.05) is 0 Å². The number of hydrogen-bond donors (Lipinski definition) is 0. The first-order chi connectivity index (χ1) is 7.70. The number of aromatic nitrogens is 1. The fourth-order valence-electron chi connectivity index (χ4n) is 2.31. The van der Waals surface area contributed by atoms with Crippen molar-refractivity contribution < 1.29 is 9.21 Å². The molecule has 0 bridgehead atoms. The van der Waals surface area contributed by atoms with Gasteiger partial charge in [0.1, 0.15) is 12.0 Å².